The lowest BCUT2D eigenvalue weighted by atomic mass is 10.3. The van der Waals surface area contributed by atoms with Crippen LogP contribution in [0, 0.1) is 0 Å². The number of hydrogen-bond acceptors (Lipinski definition) is 2. The molecule has 1 rings (SSSR count). The van der Waals surface area contributed by atoms with Crippen LogP contribution >= 0.6 is 11.6 Å². The number of methoxy groups -OCH3 is 1. The number of halogens is 1. The molecule has 0 aliphatic heterocycles. The van der Waals surface area contributed by atoms with Crippen molar-refractivity contribution in [3.63, 3.8) is 0 Å². The van der Waals surface area contributed by atoms with Crippen LogP contribution in [0.15, 0.2) is 18.3 Å². The fourth-order valence-electron chi connectivity index (χ4n) is 0.658. The maximum Gasteiger partial charge on any atom is 0.129 e. The van der Waals surface area contributed by atoms with Gasteiger partial charge < -0.3 is 4.74 Å². The second-order valence-electron chi connectivity index (χ2n) is 1.92. The van der Waals surface area contributed by atoms with E-state index in [0.29, 0.717) is 11.8 Å². The Morgan fingerprint density at radius 1 is 1.60 bits per heavy atom. The van der Waals surface area contributed by atoms with Crippen molar-refractivity contribution in [2.75, 3.05) is 7.11 Å². The van der Waals surface area contributed by atoms with Gasteiger partial charge in [-0.1, -0.05) is 17.7 Å². The van der Waals surface area contributed by atoms with Crippen molar-refractivity contribution in [2.45, 2.75) is 6.61 Å². The van der Waals surface area contributed by atoms with Gasteiger partial charge in [-0.15, -0.1) is 0 Å². The Hall–Kier alpha value is -0.600. The highest BCUT2D eigenvalue weighted by Gasteiger charge is 1.90. The Kier molecular flexibility index (Phi) is 2.66. The first kappa shape index (κ1) is 7.51. The molecule has 0 N–H and O–H groups in total. The molecule has 0 aliphatic carbocycles. The maximum absolute atomic E-state index is 5.56. The van der Waals surface area contributed by atoms with Gasteiger partial charge >= 0.3 is 0 Å². The molecule has 0 bridgehead atoms. The third-order valence-electron chi connectivity index (χ3n) is 1.10. The summed E-state index contributed by atoms with van der Waals surface area (Å²) < 4.78 is 4.88. The average molecular weight is 158 g/mol. The summed E-state index contributed by atoms with van der Waals surface area (Å²) in [6.45, 7) is 0.587. The van der Waals surface area contributed by atoms with Crippen LogP contribution in [-0.4, -0.2) is 12.1 Å². The molecule has 54 valence electrons. The molecule has 0 aromatic carbocycles. The van der Waals surface area contributed by atoms with Gasteiger partial charge in [0, 0.05) is 13.3 Å². The van der Waals surface area contributed by atoms with Crippen molar-refractivity contribution in [3.05, 3.63) is 29.0 Å². The average Bonchev–Trinajstić information content (AvgIpc) is 1.95. The first-order valence-corrected chi connectivity index (χ1v) is 3.30. The number of rotatable bonds is 2. The van der Waals surface area contributed by atoms with Crippen LogP contribution in [0.1, 0.15) is 5.56 Å². The molecule has 1 aromatic heterocycles. The molecule has 1 aromatic rings. The zero-order valence-electron chi connectivity index (χ0n) is 5.67. The van der Waals surface area contributed by atoms with Crippen LogP contribution in [-0.2, 0) is 11.3 Å². The minimum Gasteiger partial charge on any atom is -0.380 e. The summed E-state index contributed by atoms with van der Waals surface area (Å²) in [6.07, 6.45) is 1.70. The zero-order chi connectivity index (χ0) is 7.40. The van der Waals surface area contributed by atoms with Gasteiger partial charge in [0.1, 0.15) is 5.15 Å². The van der Waals surface area contributed by atoms with E-state index in [-0.39, 0.29) is 0 Å². The number of nitrogens with zero attached hydrogens (tertiary/aromatic N) is 1. The lowest BCUT2D eigenvalue weighted by molar-refractivity contribution is 0.184. The van der Waals surface area contributed by atoms with Crippen LogP contribution in [0.2, 0.25) is 5.15 Å². The van der Waals surface area contributed by atoms with Crippen molar-refractivity contribution in [2.24, 2.45) is 0 Å². The van der Waals surface area contributed by atoms with Gasteiger partial charge in [-0.25, -0.2) is 4.98 Å². The largest absolute Gasteiger partial charge is 0.380 e. The predicted molar refractivity (Wildman–Crippen MR) is 40.0 cm³/mol. The third-order valence-corrected chi connectivity index (χ3v) is 1.32. The van der Waals surface area contributed by atoms with E-state index in [1.54, 1.807) is 19.4 Å². The fraction of sp³-hybridized carbons (Fsp3) is 0.286. The molecule has 0 amide bonds. The van der Waals surface area contributed by atoms with Gasteiger partial charge in [-0.05, 0) is 11.6 Å². The van der Waals surface area contributed by atoms with Crippen LogP contribution < -0.4 is 0 Å². The number of pyridine rings is 1. The molecule has 0 saturated carbocycles. The highest BCUT2D eigenvalue weighted by molar-refractivity contribution is 6.29. The van der Waals surface area contributed by atoms with E-state index in [2.05, 4.69) is 4.98 Å². The Labute approximate surface area is 64.8 Å². The molecule has 3 heteroatoms. The summed E-state index contributed by atoms with van der Waals surface area (Å²) >= 11 is 5.56. The standard InChI is InChI=1S/C7H8ClNO/c1-10-5-6-2-3-7(8)9-4-6/h2-4H,5H2,1H3. The molecule has 2 nitrogen and oxygen atoms in total. The number of hydrogen-bond donors (Lipinski definition) is 0. The van der Waals surface area contributed by atoms with Gasteiger partial charge in [0.05, 0.1) is 6.61 Å². The monoisotopic (exact) mass is 157 g/mol. The molecule has 0 unspecified atom stereocenters. The fourth-order valence-corrected chi connectivity index (χ4v) is 0.770. The molecular formula is C7H8ClNO. The van der Waals surface area contributed by atoms with Crippen molar-refractivity contribution in [1.29, 1.82) is 0 Å². The van der Waals surface area contributed by atoms with Crippen LogP contribution in [0.25, 0.3) is 0 Å². The quantitative estimate of drug-likeness (QED) is 0.612. The maximum atomic E-state index is 5.56. The van der Waals surface area contributed by atoms with Gasteiger partial charge in [0.15, 0.2) is 0 Å². The summed E-state index contributed by atoms with van der Waals surface area (Å²) in [7, 11) is 1.65. The van der Waals surface area contributed by atoms with Crippen molar-refractivity contribution < 1.29 is 4.74 Å². The Morgan fingerprint density at radius 3 is 2.90 bits per heavy atom. The topological polar surface area (TPSA) is 22.1 Å². The van der Waals surface area contributed by atoms with Crippen LogP contribution in [0.3, 0.4) is 0 Å². The second-order valence-corrected chi connectivity index (χ2v) is 2.31. The second kappa shape index (κ2) is 3.54. The normalized spacial score (nSPS) is 9.80. The van der Waals surface area contributed by atoms with E-state index in [1.807, 2.05) is 6.07 Å². The summed E-state index contributed by atoms with van der Waals surface area (Å²) in [5.74, 6) is 0. The number of aromatic nitrogens is 1. The minimum absolute atomic E-state index is 0.514. The summed E-state index contributed by atoms with van der Waals surface area (Å²) in [5.41, 5.74) is 1.03. The number of ether oxygens (including phenoxy) is 1. The van der Waals surface area contributed by atoms with Gasteiger partial charge in [0.25, 0.3) is 0 Å². The summed E-state index contributed by atoms with van der Waals surface area (Å²) in [4.78, 5) is 3.88. The summed E-state index contributed by atoms with van der Waals surface area (Å²) in [6, 6.07) is 3.63. The molecular weight excluding hydrogens is 150 g/mol. The minimum atomic E-state index is 0.514. The Balaban J connectivity index is 2.69. The lowest BCUT2D eigenvalue weighted by Gasteiger charge is -1.96. The molecule has 0 radical (unpaired) electrons. The van der Waals surface area contributed by atoms with Crippen molar-refractivity contribution >= 4 is 11.6 Å². The van der Waals surface area contributed by atoms with Crippen molar-refractivity contribution in [3.8, 4) is 0 Å². The van der Waals surface area contributed by atoms with Gasteiger partial charge in [-0.2, -0.15) is 0 Å². The third kappa shape index (κ3) is 1.97. The molecule has 0 aliphatic rings. The van der Waals surface area contributed by atoms with E-state index in [1.165, 1.54) is 0 Å². The zero-order valence-corrected chi connectivity index (χ0v) is 6.43. The van der Waals surface area contributed by atoms with Crippen LogP contribution in [0.4, 0.5) is 0 Å². The van der Waals surface area contributed by atoms with Gasteiger partial charge in [0.2, 0.25) is 0 Å². The van der Waals surface area contributed by atoms with E-state index in [4.69, 9.17) is 16.3 Å². The Bertz CT molecular complexity index is 197. The van der Waals surface area contributed by atoms with E-state index in [0.717, 1.165) is 5.56 Å². The smallest absolute Gasteiger partial charge is 0.129 e. The Morgan fingerprint density at radius 2 is 2.40 bits per heavy atom. The highest BCUT2D eigenvalue weighted by Crippen LogP contribution is 2.05. The first-order chi connectivity index (χ1) is 4.83. The highest BCUT2D eigenvalue weighted by atomic mass is 35.5. The SMILES string of the molecule is COCc1ccc(Cl)nc1. The molecule has 0 fully saturated rings. The van der Waals surface area contributed by atoms with E-state index in [9.17, 15) is 0 Å². The van der Waals surface area contributed by atoms with Crippen molar-refractivity contribution in [1.82, 2.24) is 4.98 Å². The molecule has 0 atom stereocenters. The summed E-state index contributed by atoms with van der Waals surface area (Å²) in [5, 5.41) is 0.514. The molecule has 0 saturated heterocycles. The predicted octanol–water partition coefficient (Wildman–Crippen LogP) is 1.88. The molecule has 1 heterocycles. The van der Waals surface area contributed by atoms with E-state index >= 15 is 0 Å². The van der Waals surface area contributed by atoms with Crippen LogP contribution in [0.5, 0.6) is 0 Å². The molecule has 10 heavy (non-hydrogen) atoms. The van der Waals surface area contributed by atoms with Gasteiger partial charge in [-0.3, -0.25) is 0 Å². The lowest BCUT2D eigenvalue weighted by Crippen LogP contribution is -1.87. The molecule has 0 spiro atoms. The van der Waals surface area contributed by atoms with E-state index < -0.39 is 0 Å². The first-order valence-electron chi connectivity index (χ1n) is 2.92.